The molecule has 0 aromatic heterocycles. The molecule has 0 aliphatic carbocycles. The second kappa shape index (κ2) is 74.1. The van der Waals surface area contributed by atoms with Gasteiger partial charge in [0.2, 0.25) is 5.91 Å². The molecule has 0 saturated heterocycles. The van der Waals surface area contributed by atoms with Gasteiger partial charge in [-0.3, -0.25) is 9.59 Å². The molecule has 0 rings (SSSR count). The maximum absolute atomic E-state index is 12.5. The van der Waals surface area contributed by atoms with E-state index in [0.717, 1.165) is 38.5 Å². The summed E-state index contributed by atoms with van der Waals surface area (Å²) in [6.07, 6.45) is 93.3. The first kappa shape index (κ1) is 82.6. The fourth-order valence-corrected chi connectivity index (χ4v) is 12.6. The van der Waals surface area contributed by atoms with Crippen molar-refractivity contribution < 1.29 is 24.5 Å². The second-order valence-electron chi connectivity index (χ2n) is 27.1. The normalized spacial score (nSPS) is 12.5. The topological polar surface area (TPSA) is 95.9 Å². The van der Waals surface area contributed by atoms with E-state index in [0.29, 0.717) is 19.4 Å². The van der Waals surface area contributed by atoms with Crippen molar-refractivity contribution in [2.24, 2.45) is 0 Å². The smallest absolute Gasteiger partial charge is 0.305 e. The van der Waals surface area contributed by atoms with Gasteiger partial charge in [-0.1, -0.05) is 418 Å². The van der Waals surface area contributed by atoms with Crippen LogP contribution in [0.3, 0.4) is 0 Å². The number of aliphatic hydroxyl groups excluding tert-OH is 2. The Labute approximate surface area is 527 Å². The Bertz CT molecular complexity index is 1270. The molecule has 6 heteroatoms. The van der Waals surface area contributed by atoms with Gasteiger partial charge in [0, 0.05) is 12.8 Å². The van der Waals surface area contributed by atoms with E-state index in [1.165, 1.54) is 385 Å². The van der Waals surface area contributed by atoms with Gasteiger partial charge in [0.25, 0.3) is 0 Å². The number of ether oxygens (including phenoxy) is 1. The third-order valence-electron chi connectivity index (χ3n) is 18.6. The summed E-state index contributed by atoms with van der Waals surface area (Å²) in [6, 6.07) is -0.624. The molecule has 0 aromatic carbocycles. The van der Waals surface area contributed by atoms with Crippen LogP contribution in [-0.4, -0.2) is 47.4 Å². The average molecular weight is 1190 g/mol. The molecule has 0 saturated carbocycles. The predicted molar refractivity (Wildman–Crippen MR) is 370 cm³/mol. The van der Waals surface area contributed by atoms with Crippen LogP contribution < -0.4 is 5.32 Å². The van der Waals surface area contributed by atoms with Crippen LogP contribution in [0, 0.1) is 0 Å². The molecule has 0 aliphatic rings. The Morgan fingerprint density at radius 2 is 0.548 bits per heavy atom. The van der Waals surface area contributed by atoms with Crippen LogP contribution in [0.1, 0.15) is 450 Å². The van der Waals surface area contributed by atoms with Crippen LogP contribution in [0.5, 0.6) is 0 Å². The molecule has 0 spiro atoms. The van der Waals surface area contributed by atoms with Crippen LogP contribution in [-0.2, 0) is 14.3 Å². The summed E-state index contributed by atoms with van der Waals surface area (Å²) in [7, 11) is 0. The number of carbonyl (C=O) groups is 2. The number of esters is 1. The highest BCUT2D eigenvalue weighted by atomic mass is 16.5. The number of allylic oxidation sites excluding steroid dienone is 1. The number of nitrogens with one attached hydrogen (secondary N) is 1. The SMILES string of the molecule is CCCCCCCCCCCCCCCCCCCC/C=C/C(O)C(CO)NC(=O)CCCCCCCCCCCCCCCCCCCCCCCCCCCCCCCCCCCOC(=O)CCCCCCCCCCCCCCCC. The molecule has 500 valence electrons. The maximum Gasteiger partial charge on any atom is 0.305 e. The molecule has 0 aromatic rings. The number of hydrogen-bond acceptors (Lipinski definition) is 5. The average Bonchev–Trinajstić information content (AvgIpc) is 3.51. The highest BCUT2D eigenvalue weighted by Gasteiger charge is 2.18. The van der Waals surface area contributed by atoms with Gasteiger partial charge < -0.3 is 20.3 Å². The zero-order chi connectivity index (χ0) is 60.6. The van der Waals surface area contributed by atoms with Crippen molar-refractivity contribution >= 4 is 11.9 Å². The minimum Gasteiger partial charge on any atom is -0.466 e. The fourth-order valence-electron chi connectivity index (χ4n) is 12.6. The number of amides is 1. The Hall–Kier alpha value is -1.40. The Balaban J connectivity index is 3.33. The first-order valence-corrected chi connectivity index (χ1v) is 39.0. The lowest BCUT2D eigenvalue weighted by atomic mass is 10.0. The van der Waals surface area contributed by atoms with E-state index in [-0.39, 0.29) is 18.5 Å². The third kappa shape index (κ3) is 69.7. The van der Waals surface area contributed by atoms with Crippen LogP contribution >= 0.6 is 0 Å². The molecule has 6 nitrogen and oxygen atoms in total. The van der Waals surface area contributed by atoms with Crippen LogP contribution in [0.15, 0.2) is 12.2 Å². The molecule has 0 fully saturated rings. The molecule has 84 heavy (non-hydrogen) atoms. The van der Waals surface area contributed by atoms with E-state index >= 15 is 0 Å². The third-order valence-corrected chi connectivity index (χ3v) is 18.6. The zero-order valence-electron chi connectivity index (χ0n) is 57.4. The predicted octanol–water partition coefficient (Wildman–Crippen LogP) is 25.5. The largest absolute Gasteiger partial charge is 0.466 e. The minimum absolute atomic E-state index is 0.0249. The molecule has 3 N–H and O–H groups in total. The van der Waals surface area contributed by atoms with E-state index in [1.807, 2.05) is 6.08 Å². The van der Waals surface area contributed by atoms with E-state index < -0.39 is 12.1 Å². The summed E-state index contributed by atoms with van der Waals surface area (Å²) >= 11 is 0. The van der Waals surface area contributed by atoms with Gasteiger partial charge in [-0.25, -0.2) is 0 Å². The summed E-state index contributed by atoms with van der Waals surface area (Å²) in [5.41, 5.74) is 0. The lowest BCUT2D eigenvalue weighted by Crippen LogP contribution is -2.45. The summed E-state index contributed by atoms with van der Waals surface area (Å²) in [5.74, 6) is -0.0334. The number of carbonyl (C=O) groups excluding carboxylic acids is 2. The van der Waals surface area contributed by atoms with Crippen molar-refractivity contribution in [2.75, 3.05) is 13.2 Å². The Kier molecular flexibility index (Phi) is 72.8. The first-order valence-electron chi connectivity index (χ1n) is 39.0. The van der Waals surface area contributed by atoms with Crippen molar-refractivity contribution in [3.63, 3.8) is 0 Å². The van der Waals surface area contributed by atoms with Crippen molar-refractivity contribution in [1.82, 2.24) is 5.32 Å². The number of rotatable bonds is 74. The molecule has 0 heterocycles. The van der Waals surface area contributed by atoms with Gasteiger partial charge >= 0.3 is 5.97 Å². The molecule has 0 radical (unpaired) electrons. The van der Waals surface area contributed by atoms with Gasteiger partial charge in [0.1, 0.15) is 0 Å². The zero-order valence-corrected chi connectivity index (χ0v) is 57.4. The van der Waals surface area contributed by atoms with E-state index in [2.05, 4.69) is 19.2 Å². The van der Waals surface area contributed by atoms with Crippen LogP contribution in [0.4, 0.5) is 0 Å². The second-order valence-corrected chi connectivity index (χ2v) is 27.1. The van der Waals surface area contributed by atoms with Gasteiger partial charge in [-0.2, -0.15) is 0 Å². The highest BCUT2D eigenvalue weighted by molar-refractivity contribution is 5.76. The van der Waals surface area contributed by atoms with E-state index in [1.54, 1.807) is 6.08 Å². The van der Waals surface area contributed by atoms with E-state index in [9.17, 15) is 19.8 Å². The Morgan fingerprint density at radius 1 is 0.321 bits per heavy atom. The van der Waals surface area contributed by atoms with Crippen molar-refractivity contribution in [2.45, 2.75) is 463 Å². The number of unbranched alkanes of at least 4 members (excludes halogenated alkanes) is 63. The minimum atomic E-state index is -0.841. The lowest BCUT2D eigenvalue weighted by molar-refractivity contribution is -0.143. The van der Waals surface area contributed by atoms with Crippen LogP contribution in [0.2, 0.25) is 0 Å². The van der Waals surface area contributed by atoms with Crippen molar-refractivity contribution in [1.29, 1.82) is 0 Å². The number of hydrogen-bond donors (Lipinski definition) is 3. The van der Waals surface area contributed by atoms with Crippen molar-refractivity contribution in [3.8, 4) is 0 Å². The maximum atomic E-state index is 12.5. The van der Waals surface area contributed by atoms with Crippen molar-refractivity contribution in [3.05, 3.63) is 12.2 Å². The first-order chi connectivity index (χ1) is 41.5. The van der Waals surface area contributed by atoms with Gasteiger partial charge in [-0.05, 0) is 32.1 Å². The summed E-state index contributed by atoms with van der Waals surface area (Å²) < 4.78 is 5.50. The molecule has 0 bridgehead atoms. The van der Waals surface area contributed by atoms with Gasteiger partial charge in [-0.15, -0.1) is 0 Å². The molecule has 1 amide bonds. The lowest BCUT2D eigenvalue weighted by Gasteiger charge is -2.20. The van der Waals surface area contributed by atoms with Gasteiger partial charge in [0.15, 0.2) is 0 Å². The molecule has 2 atom stereocenters. The van der Waals surface area contributed by atoms with E-state index in [4.69, 9.17) is 4.74 Å². The molecule has 0 aliphatic heterocycles. The summed E-state index contributed by atoms with van der Waals surface area (Å²) in [5, 5.41) is 23.3. The van der Waals surface area contributed by atoms with Gasteiger partial charge in [0.05, 0.1) is 25.4 Å². The monoisotopic (exact) mass is 1180 g/mol. The Morgan fingerprint density at radius 3 is 0.810 bits per heavy atom. The highest BCUT2D eigenvalue weighted by Crippen LogP contribution is 2.20. The summed E-state index contributed by atoms with van der Waals surface area (Å²) in [6.45, 7) is 4.96. The van der Waals surface area contributed by atoms with Crippen LogP contribution in [0.25, 0.3) is 0 Å². The summed E-state index contributed by atoms with van der Waals surface area (Å²) in [4.78, 5) is 24.6. The standard InChI is InChI=1S/C78H153NO5/c1-3-5-7-9-11-13-15-17-19-20-21-37-40-43-46-50-54-58-62-66-70-76(81)75(74-80)79-77(82)71-67-63-59-55-51-47-44-41-38-35-33-31-29-27-25-23-22-24-26-28-30-32-34-36-39-42-45-49-53-57-61-65-69-73-84-78(83)72-68-64-60-56-52-48-18-16-14-12-10-8-6-4-2/h66,70,75-76,80-81H,3-65,67-69,71-74H2,1-2H3,(H,79,82)/b70-66+. The molecule has 2 unspecified atom stereocenters. The quantitative estimate of drug-likeness (QED) is 0.0320. The number of aliphatic hydroxyl groups is 2. The fraction of sp³-hybridized carbons (Fsp3) is 0.949. The molecular weight excluding hydrogens is 1030 g/mol. The molecular formula is C78H153NO5.